The Kier molecular flexibility index (Phi) is 5.63. The maximum atomic E-state index is 6.28. The summed E-state index contributed by atoms with van der Waals surface area (Å²) in [5.74, 6) is 1.30. The van der Waals surface area contributed by atoms with Gasteiger partial charge in [0.1, 0.15) is 24.7 Å². The van der Waals surface area contributed by atoms with Crippen LogP contribution in [0.15, 0.2) is 72.8 Å². The van der Waals surface area contributed by atoms with E-state index in [0.717, 1.165) is 11.1 Å². The summed E-state index contributed by atoms with van der Waals surface area (Å²) in [6, 6.07) is 23.0. The van der Waals surface area contributed by atoms with E-state index in [4.69, 9.17) is 32.7 Å². The Balaban J connectivity index is 1.61. The number of hydrogen-bond acceptors (Lipinski definition) is 2. The molecular formula is C20H16Cl2O2. The quantitative estimate of drug-likeness (QED) is 0.525. The van der Waals surface area contributed by atoms with E-state index in [2.05, 4.69) is 0 Å². The lowest BCUT2D eigenvalue weighted by molar-refractivity contribution is 0.297. The first-order valence-electron chi connectivity index (χ1n) is 7.55. The molecule has 3 aromatic carbocycles. The largest absolute Gasteiger partial charge is 0.489 e. The normalized spacial score (nSPS) is 10.4. The molecule has 0 radical (unpaired) electrons. The molecule has 3 rings (SSSR count). The van der Waals surface area contributed by atoms with Gasteiger partial charge in [0.2, 0.25) is 0 Å². The van der Waals surface area contributed by atoms with Crippen molar-refractivity contribution in [2.24, 2.45) is 0 Å². The minimum atomic E-state index is 0.365. The van der Waals surface area contributed by atoms with E-state index >= 15 is 0 Å². The molecule has 4 heteroatoms. The average molecular weight is 359 g/mol. The van der Waals surface area contributed by atoms with Crippen LogP contribution in [0.1, 0.15) is 11.1 Å². The highest BCUT2D eigenvalue weighted by molar-refractivity contribution is 6.32. The molecule has 0 unspecified atom stereocenters. The summed E-state index contributed by atoms with van der Waals surface area (Å²) in [4.78, 5) is 0. The summed E-state index contributed by atoms with van der Waals surface area (Å²) in [7, 11) is 0. The van der Waals surface area contributed by atoms with Crippen LogP contribution in [0, 0.1) is 0 Å². The van der Waals surface area contributed by atoms with Gasteiger partial charge in [-0.15, -0.1) is 0 Å². The van der Waals surface area contributed by atoms with Gasteiger partial charge in [0.15, 0.2) is 0 Å². The Hall–Kier alpha value is -2.16. The Labute approximate surface area is 151 Å². The molecule has 0 atom stereocenters. The molecule has 0 aliphatic heterocycles. The van der Waals surface area contributed by atoms with Crippen LogP contribution in [0.25, 0.3) is 0 Å². The van der Waals surface area contributed by atoms with Crippen LogP contribution in [0.4, 0.5) is 0 Å². The minimum Gasteiger partial charge on any atom is -0.489 e. The van der Waals surface area contributed by atoms with E-state index in [1.807, 2.05) is 60.7 Å². The molecule has 2 nitrogen and oxygen atoms in total. The van der Waals surface area contributed by atoms with Crippen LogP contribution < -0.4 is 9.47 Å². The molecule has 122 valence electrons. The number of ether oxygens (including phenoxy) is 2. The van der Waals surface area contributed by atoms with Gasteiger partial charge in [-0.2, -0.15) is 0 Å². The van der Waals surface area contributed by atoms with Gasteiger partial charge in [0.25, 0.3) is 0 Å². The first kappa shape index (κ1) is 16.7. The molecule has 0 aromatic heterocycles. The van der Waals surface area contributed by atoms with Crippen LogP contribution >= 0.6 is 23.2 Å². The third-order valence-electron chi connectivity index (χ3n) is 3.49. The van der Waals surface area contributed by atoms with Crippen molar-refractivity contribution in [2.75, 3.05) is 0 Å². The van der Waals surface area contributed by atoms with Crippen molar-refractivity contribution in [1.29, 1.82) is 0 Å². The predicted molar refractivity (Wildman–Crippen MR) is 98.0 cm³/mol. The lowest BCUT2D eigenvalue weighted by atomic mass is 10.2. The van der Waals surface area contributed by atoms with E-state index < -0.39 is 0 Å². The molecular weight excluding hydrogens is 343 g/mol. The Morgan fingerprint density at radius 1 is 0.667 bits per heavy atom. The topological polar surface area (TPSA) is 18.5 Å². The van der Waals surface area contributed by atoms with E-state index in [1.54, 1.807) is 12.1 Å². The fourth-order valence-electron chi connectivity index (χ4n) is 2.20. The van der Waals surface area contributed by atoms with Gasteiger partial charge in [0, 0.05) is 16.7 Å². The number of benzene rings is 3. The summed E-state index contributed by atoms with van der Waals surface area (Å²) in [6.45, 7) is 0.862. The van der Waals surface area contributed by atoms with Gasteiger partial charge in [0.05, 0.1) is 5.02 Å². The zero-order chi connectivity index (χ0) is 16.8. The Morgan fingerprint density at radius 3 is 2.17 bits per heavy atom. The summed E-state index contributed by atoms with van der Waals surface area (Å²) in [5, 5.41) is 1.18. The van der Waals surface area contributed by atoms with Crippen LogP contribution in [0.5, 0.6) is 11.5 Å². The van der Waals surface area contributed by atoms with Crippen molar-refractivity contribution in [3.8, 4) is 11.5 Å². The molecule has 0 amide bonds. The molecule has 0 bridgehead atoms. The van der Waals surface area contributed by atoms with Crippen molar-refractivity contribution in [2.45, 2.75) is 13.2 Å². The summed E-state index contributed by atoms with van der Waals surface area (Å²) in [6.07, 6.45) is 0. The molecule has 0 aliphatic carbocycles. The second kappa shape index (κ2) is 8.09. The molecule has 0 N–H and O–H groups in total. The Bertz CT molecular complexity index is 804. The molecule has 0 fully saturated rings. The highest BCUT2D eigenvalue weighted by Gasteiger charge is 2.06. The molecule has 0 aliphatic rings. The predicted octanol–water partition coefficient (Wildman–Crippen LogP) is 6.15. The van der Waals surface area contributed by atoms with Crippen molar-refractivity contribution in [3.63, 3.8) is 0 Å². The number of hydrogen-bond donors (Lipinski definition) is 0. The maximum Gasteiger partial charge on any atom is 0.138 e. The van der Waals surface area contributed by atoms with Gasteiger partial charge in [-0.25, -0.2) is 0 Å². The van der Waals surface area contributed by atoms with E-state index in [9.17, 15) is 0 Å². The lowest BCUT2D eigenvalue weighted by Gasteiger charge is -2.11. The summed E-state index contributed by atoms with van der Waals surface area (Å²) < 4.78 is 11.5. The van der Waals surface area contributed by atoms with Gasteiger partial charge >= 0.3 is 0 Å². The zero-order valence-corrected chi connectivity index (χ0v) is 14.4. The van der Waals surface area contributed by atoms with Gasteiger partial charge in [-0.3, -0.25) is 0 Å². The highest BCUT2D eigenvalue weighted by atomic mass is 35.5. The molecule has 0 saturated carbocycles. The van der Waals surface area contributed by atoms with Crippen LogP contribution in [-0.4, -0.2) is 0 Å². The smallest absolute Gasteiger partial charge is 0.138 e. The molecule has 24 heavy (non-hydrogen) atoms. The van der Waals surface area contributed by atoms with Crippen LogP contribution in [0.2, 0.25) is 10.0 Å². The molecule has 0 saturated heterocycles. The monoisotopic (exact) mass is 358 g/mol. The molecule has 0 heterocycles. The second-order valence-corrected chi connectivity index (χ2v) is 6.06. The average Bonchev–Trinajstić information content (AvgIpc) is 2.61. The summed E-state index contributed by atoms with van der Waals surface area (Å²) in [5.41, 5.74) is 2.02. The van der Waals surface area contributed by atoms with Crippen molar-refractivity contribution in [1.82, 2.24) is 0 Å². The fraction of sp³-hybridized carbons (Fsp3) is 0.100. The first-order chi connectivity index (χ1) is 11.7. The van der Waals surface area contributed by atoms with E-state index in [0.29, 0.717) is 34.8 Å². The third kappa shape index (κ3) is 4.44. The lowest BCUT2D eigenvalue weighted by Crippen LogP contribution is -1.98. The maximum absolute atomic E-state index is 6.28. The van der Waals surface area contributed by atoms with E-state index in [-0.39, 0.29) is 0 Å². The standard InChI is InChI=1S/C20H16Cl2O2/c21-18-9-5-4-8-16(18)14-24-20-11-10-17(12-19(20)22)23-13-15-6-2-1-3-7-15/h1-12H,13-14H2. The van der Waals surface area contributed by atoms with E-state index in [1.165, 1.54) is 0 Å². The summed E-state index contributed by atoms with van der Waals surface area (Å²) >= 11 is 12.4. The second-order valence-electron chi connectivity index (χ2n) is 5.25. The van der Waals surface area contributed by atoms with Crippen LogP contribution in [0.3, 0.4) is 0 Å². The number of halogens is 2. The zero-order valence-electron chi connectivity index (χ0n) is 12.9. The first-order valence-corrected chi connectivity index (χ1v) is 8.30. The SMILES string of the molecule is Clc1ccccc1COc1ccc(OCc2ccccc2)cc1Cl. The fourth-order valence-corrected chi connectivity index (χ4v) is 2.62. The highest BCUT2D eigenvalue weighted by Crippen LogP contribution is 2.30. The van der Waals surface area contributed by atoms with Gasteiger partial charge < -0.3 is 9.47 Å². The molecule has 0 spiro atoms. The van der Waals surface area contributed by atoms with Crippen LogP contribution in [-0.2, 0) is 13.2 Å². The Morgan fingerprint density at radius 2 is 1.42 bits per heavy atom. The number of rotatable bonds is 6. The minimum absolute atomic E-state index is 0.365. The van der Waals surface area contributed by atoms with Crippen molar-refractivity contribution in [3.05, 3.63) is 94.0 Å². The third-order valence-corrected chi connectivity index (χ3v) is 4.16. The van der Waals surface area contributed by atoms with Gasteiger partial charge in [-0.05, 0) is 23.8 Å². The van der Waals surface area contributed by atoms with Crippen molar-refractivity contribution >= 4 is 23.2 Å². The van der Waals surface area contributed by atoms with Gasteiger partial charge in [-0.1, -0.05) is 71.7 Å². The molecule has 3 aromatic rings. The van der Waals surface area contributed by atoms with Crippen molar-refractivity contribution < 1.29 is 9.47 Å².